The maximum absolute atomic E-state index is 13.2. The summed E-state index contributed by atoms with van der Waals surface area (Å²) in [5.74, 6) is -0.353. The smallest absolute Gasteiger partial charge is 0.267 e. The Morgan fingerprint density at radius 3 is 2.29 bits per heavy atom. The van der Waals surface area contributed by atoms with Gasteiger partial charge in [-0.05, 0) is 23.3 Å². The summed E-state index contributed by atoms with van der Waals surface area (Å²) in [7, 11) is 0. The number of hydrogen-bond acceptors (Lipinski definition) is 5. The van der Waals surface area contributed by atoms with E-state index in [1.807, 2.05) is 24.3 Å². The average Bonchev–Trinajstić information content (AvgIpc) is 2.55. The second-order valence-corrected chi connectivity index (χ2v) is 5.73. The Hall–Kier alpha value is -2.48. The highest BCUT2D eigenvalue weighted by Crippen LogP contribution is 2.38. The van der Waals surface area contributed by atoms with Gasteiger partial charge in [-0.1, -0.05) is 36.4 Å². The minimum atomic E-state index is -0.363. The molecule has 0 radical (unpaired) electrons. The van der Waals surface area contributed by atoms with Gasteiger partial charge in [-0.2, -0.15) is 5.10 Å². The van der Waals surface area contributed by atoms with Gasteiger partial charge in [0.2, 0.25) is 6.29 Å². The monoisotopic (exact) mass is 342 g/mol. The molecule has 1 saturated heterocycles. The first-order valence-electron chi connectivity index (χ1n) is 7.15. The second-order valence-electron chi connectivity index (χ2n) is 5.21. The van der Waals surface area contributed by atoms with Crippen LogP contribution < -0.4 is 5.56 Å². The van der Waals surface area contributed by atoms with Crippen LogP contribution in [0.15, 0.2) is 59.5 Å². The number of H-pyrrole nitrogens is 1. The molecule has 0 aliphatic carbocycles. The molecule has 0 saturated carbocycles. The van der Waals surface area contributed by atoms with Crippen LogP contribution in [0.1, 0.15) is 11.9 Å². The van der Waals surface area contributed by atoms with Crippen LogP contribution in [0, 0.1) is 5.82 Å². The van der Waals surface area contributed by atoms with Crippen LogP contribution in [0.4, 0.5) is 4.39 Å². The van der Waals surface area contributed by atoms with E-state index in [9.17, 15) is 9.18 Å². The topological polar surface area (TPSA) is 64.2 Å². The van der Waals surface area contributed by atoms with Crippen molar-refractivity contribution in [2.75, 3.05) is 0 Å². The van der Waals surface area contributed by atoms with Crippen molar-refractivity contribution in [1.29, 1.82) is 0 Å². The van der Waals surface area contributed by atoms with Crippen LogP contribution >= 0.6 is 12.3 Å². The van der Waals surface area contributed by atoms with Crippen LogP contribution in [0.5, 0.6) is 0 Å². The molecular formula is C17H11FN2O3S. The van der Waals surface area contributed by atoms with E-state index in [2.05, 4.69) is 10.2 Å². The molecule has 24 heavy (non-hydrogen) atoms. The van der Waals surface area contributed by atoms with Crippen molar-refractivity contribution in [3.05, 3.63) is 76.5 Å². The molecule has 0 amide bonds. The van der Waals surface area contributed by atoms with E-state index >= 15 is 0 Å². The molecule has 5 nitrogen and oxygen atoms in total. The zero-order valence-corrected chi connectivity index (χ0v) is 13.0. The number of nitrogens with one attached hydrogen (secondary N) is 1. The van der Waals surface area contributed by atoms with E-state index in [0.29, 0.717) is 16.7 Å². The van der Waals surface area contributed by atoms with E-state index in [4.69, 9.17) is 8.37 Å². The van der Waals surface area contributed by atoms with Crippen LogP contribution in [-0.4, -0.2) is 10.2 Å². The Morgan fingerprint density at radius 2 is 1.67 bits per heavy atom. The van der Waals surface area contributed by atoms with Gasteiger partial charge in [0.05, 0.1) is 11.8 Å². The predicted octanol–water partition coefficient (Wildman–Crippen LogP) is 3.85. The Labute approximate surface area is 140 Å². The van der Waals surface area contributed by atoms with E-state index in [-0.39, 0.29) is 17.7 Å². The van der Waals surface area contributed by atoms with Crippen molar-refractivity contribution < 1.29 is 12.8 Å². The first-order valence-corrected chi connectivity index (χ1v) is 7.82. The van der Waals surface area contributed by atoms with E-state index in [1.165, 1.54) is 12.1 Å². The minimum Gasteiger partial charge on any atom is -0.267 e. The highest BCUT2D eigenvalue weighted by atomic mass is 32.2. The largest absolute Gasteiger partial charge is 0.272 e. The van der Waals surface area contributed by atoms with Crippen molar-refractivity contribution >= 4 is 12.3 Å². The highest BCUT2D eigenvalue weighted by Gasteiger charge is 2.23. The molecular weight excluding hydrogens is 331 g/mol. The summed E-state index contributed by atoms with van der Waals surface area (Å²) in [5.41, 5.74) is 3.12. The van der Waals surface area contributed by atoms with Gasteiger partial charge in [0.1, 0.15) is 5.82 Å². The molecule has 4 rings (SSSR count). The molecule has 1 aliphatic rings. The standard InChI is InChI=1S/C17H11FN2O3S/c18-13-7-5-11(6-8-13)15-14(9-19-20-16(15)21)10-1-3-12(4-2-10)17-22-24-23-17/h1-9,17H,(H,20,21). The van der Waals surface area contributed by atoms with Crippen LogP contribution in [0.25, 0.3) is 22.3 Å². The fourth-order valence-corrected chi connectivity index (χ4v) is 2.91. The molecule has 0 spiro atoms. The lowest BCUT2D eigenvalue weighted by Crippen LogP contribution is -2.12. The molecule has 1 aromatic heterocycles. The molecule has 3 aromatic rings. The number of aromatic nitrogens is 2. The number of rotatable bonds is 3. The van der Waals surface area contributed by atoms with Gasteiger partial charge >= 0.3 is 0 Å². The molecule has 0 unspecified atom stereocenters. The maximum atomic E-state index is 13.2. The van der Waals surface area contributed by atoms with E-state index in [0.717, 1.165) is 23.5 Å². The van der Waals surface area contributed by atoms with Gasteiger partial charge in [-0.25, -0.2) is 9.49 Å². The normalized spacial score (nSPS) is 14.4. The summed E-state index contributed by atoms with van der Waals surface area (Å²) < 4.78 is 23.5. The van der Waals surface area contributed by atoms with Crippen molar-refractivity contribution in [1.82, 2.24) is 10.2 Å². The molecule has 1 fully saturated rings. The lowest BCUT2D eigenvalue weighted by molar-refractivity contribution is -0.0429. The number of hydrogen-bond donors (Lipinski definition) is 1. The van der Waals surface area contributed by atoms with Gasteiger partial charge in [-0.15, -0.1) is 0 Å². The molecule has 120 valence electrons. The zero-order chi connectivity index (χ0) is 16.5. The summed E-state index contributed by atoms with van der Waals surface area (Å²) in [4.78, 5) is 12.3. The Kier molecular flexibility index (Phi) is 3.89. The lowest BCUT2D eigenvalue weighted by Gasteiger charge is -2.23. The summed E-state index contributed by atoms with van der Waals surface area (Å²) in [6.45, 7) is 0. The number of nitrogens with zero attached hydrogens (tertiary/aromatic N) is 1. The third-order valence-corrected chi connectivity index (χ3v) is 4.24. The third kappa shape index (κ3) is 2.73. The predicted molar refractivity (Wildman–Crippen MR) is 88.2 cm³/mol. The molecule has 7 heteroatoms. The van der Waals surface area contributed by atoms with Gasteiger partial charge in [0.25, 0.3) is 5.56 Å². The molecule has 1 N–H and O–H groups in total. The minimum absolute atomic E-state index is 0.328. The third-order valence-electron chi connectivity index (χ3n) is 3.74. The SMILES string of the molecule is O=c1[nH]ncc(-c2ccc(C3OSO3)cc2)c1-c1ccc(F)cc1. The van der Waals surface area contributed by atoms with Gasteiger partial charge in [0.15, 0.2) is 12.3 Å². The molecule has 2 heterocycles. The quantitative estimate of drug-likeness (QED) is 0.733. The second kappa shape index (κ2) is 6.20. The van der Waals surface area contributed by atoms with Crippen LogP contribution in [-0.2, 0) is 8.37 Å². The fraction of sp³-hybridized carbons (Fsp3) is 0.0588. The average molecular weight is 342 g/mol. The van der Waals surface area contributed by atoms with E-state index < -0.39 is 0 Å². The van der Waals surface area contributed by atoms with Gasteiger partial charge in [-0.3, -0.25) is 13.2 Å². The van der Waals surface area contributed by atoms with Crippen LogP contribution in [0.3, 0.4) is 0 Å². The van der Waals surface area contributed by atoms with Crippen molar-refractivity contribution in [3.63, 3.8) is 0 Å². The molecule has 0 atom stereocenters. The number of halogens is 1. The van der Waals surface area contributed by atoms with Crippen LogP contribution in [0.2, 0.25) is 0 Å². The lowest BCUT2D eigenvalue weighted by atomic mass is 9.96. The Morgan fingerprint density at radius 1 is 1.00 bits per heavy atom. The van der Waals surface area contributed by atoms with Crippen molar-refractivity contribution in [2.24, 2.45) is 0 Å². The molecule has 0 bridgehead atoms. The Bertz CT molecular complexity index is 922. The summed E-state index contributed by atoms with van der Waals surface area (Å²) in [6.07, 6.45) is 1.22. The first-order chi connectivity index (χ1) is 11.7. The van der Waals surface area contributed by atoms with Crippen molar-refractivity contribution in [2.45, 2.75) is 6.29 Å². The fourth-order valence-electron chi connectivity index (χ4n) is 2.53. The first kappa shape index (κ1) is 15.1. The maximum Gasteiger partial charge on any atom is 0.272 e. The van der Waals surface area contributed by atoms with Gasteiger partial charge in [0, 0.05) is 11.1 Å². The molecule has 2 aromatic carbocycles. The summed E-state index contributed by atoms with van der Waals surface area (Å²) in [5, 5.41) is 6.31. The van der Waals surface area contributed by atoms with E-state index in [1.54, 1.807) is 18.3 Å². The number of aromatic amines is 1. The zero-order valence-electron chi connectivity index (χ0n) is 12.2. The van der Waals surface area contributed by atoms with Crippen molar-refractivity contribution in [3.8, 4) is 22.3 Å². The highest BCUT2D eigenvalue weighted by molar-refractivity contribution is 7.90. The summed E-state index contributed by atoms with van der Waals surface area (Å²) in [6, 6.07) is 13.3. The Balaban J connectivity index is 1.79. The molecule has 1 aliphatic heterocycles. The number of benzene rings is 2. The van der Waals surface area contributed by atoms with Gasteiger partial charge < -0.3 is 0 Å². The summed E-state index contributed by atoms with van der Waals surface area (Å²) >= 11 is 0.957.